The van der Waals surface area contributed by atoms with Gasteiger partial charge in [-0.05, 0) is 31.2 Å². The number of thiophene rings is 1. The van der Waals surface area contributed by atoms with E-state index in [4.69, 9.17) is 9.26 Å². The predicted octanol–water partition coefficient (Wildman–Crippen LogP) is 1.25. The maximum Gasteiger partial charge on any atom is 0.280 e. The molecule has 0 radical (unpaired) electrons. The highest BCUT2D eigenvalue weighted by molar-refractivity contribution is 7.09. The first kappa shape index (κ1) is 16.2. The summed E-state index contributed by atoms with van der Waals surface area (Å²) >= 11 is 1.72. The predicted molar refractivity (Wildman–Crippen MR) is 87.6 cm³/mol. The molecule has 23 heavy (non-hydrogen) atoms. The van der Waals surface area contributed by atoms with Crippen LogP contribution in [0.5, 0.6) is 0 Å². The second kappa shape index (κ2) is 7.72. The number of quaternary nitrogens is 1. The Balaban J connectivity index is 1.58. The van der Waals surface area contributed by atoms with E-state index in [0.717, 1.165) is 32.5 Å². The summed E-state index contributed by atoms with van der Waals surface area (Å²) in [5.41, 5.74) is 0. The molecule has 0 spiro atoms. The molecule has 1 saturated heterocycles. The average molecular weight is 336 g/mol. The van der Waals surface area contributed by atoms with Crippen LogP contribution in [0.25, 0.3) is 0 Å². The molecule has 2 aromatic rings. The number of hydrogen-bond donors (Lipinski definition) is 2. The average Bonchev–Trinajstić information content (AvgIpc) is 3.23. The van der Waals surface area contributed by atoms with E-state index in [0.29, 0.717) is 18.1 Å². The number of aromatic nitrogens is 1. The van der Waals surface area contributed by atoms with Gasteiger partial charge in [0, 0.05) is 12.7 Å². The third-order valence-electron chi connectivity index (χ3n) is 3.85. The van der Waals surface area contributed by atoms with Crippen LogP contribution in [0, 0.1) is 6.92 Å². The highest BCUT2D eigenvalue weighted by Crippen LogP contribution is 2.11. The highest BCUT2D eigenvalue weighted by atomic mass is 32.1. The number of nitrogens with one attached hydrogen (secondary N) is 2. The molecule has 124 valence electrons. The maximum absolute atomic E-state index is 12.3. The van der Waals surface area contributed by atoms with E-state index < -0.39 is 0 Å². The maximum atomic E-state index is 12.3. The minimum atomic E-state index is -0.0529. The van der Waals surface area contributed by atoms with Gasteiger partial charge in [-0.3, -0.25) is 4.79 Å². The van der Waals surface area contributed by atoms with Crippen LogP contribution in [0.15, 0.2) is 28.1 Å². The van der Waals surface area contributed by atoms with Crippen molar-refractivity contribution >= 4 is 23.1 Å². The highest BCUT2D eigenvalue weighted by Gasteiger charge is 2.24. The van der Waals surface area contributed by atoms with E-state index in [1.54, 1.807) is 24.3 Å². The number of rotatable bonds is 7. The molecule has 3 rings (SSSR count). The van der Waals surface area contributed by atoms with Crippen LogP contribution in [-0.2, 0) is 16.1 Å². The normalized spacial score (nSPS) is 18.9. The van der Waals surface area contributed by atoms with Crippen LogP contribution in [0.4, 0.5) is 5.82 Å². The molecule has 2 atom stereocenters. The summed E-state index contributed by atoms with van der Waals surface area (Å²) in [6.45, 7) is 4.71. The monoisotopic (exact) mass is 336 g/mol. The molecule has 0 aromatic carbocycles. The SMILES string of the molecule is Cc1cc(NC(=O)C[NH+](Cc2cccs2)C[C@@H]2CCCO2)no1. The standard InChI is InChI=1S/C16H21N3O3S/c1-12-8-15(18-22-12)17-16(20)11-19(9-13-4-2-6-21-13)10-14-5-3-7-23-14/h3,5,7-8,13H,2,4,6,9-11H2,1H3,(H,17,18,20)/p+1/t13-/m0/s1. The van der Waals surface area contributed by atoms with Crippen molar-refractivity contribution in [2.24, 2.45) is 0 Å². The Hall–Kier alpha value is -1.70. The Bertz CT molecular complexity index is 620. The van der Waals surface area contributed by atoms with Crippen molar-refractivity contribution in [3.05, 3.63) is 34.2 Å². The minimum absolute atomic E-state index is 0.0529. The molecule has 0 bridgehead atoms. The fourth-order valence-electron chi connectivity index (χ4n) is 2.83. The lowest BCUT2D eigenvalue weighted by molar-refractivity contribution is -0.908. The second-order valence-corrected chi connectivity index (χ2v) is 6.93. The van der Waals surface area contributed by atoms with Crippen LogP contribution < -0.4 is 10.2 Å². The first-order valence-corrected chi connectivity index (χ1v) is 8.78. The fourth-order valence-corrected chi connectivity index (χ4v) is 3.61. The van der Waals surface area contributed by atoms with Crippen LogP contribution >= 0.6 is 11.3 Å². The first-order chi connectivity index (χ1) is 11.2. The van der Waals surface area contributed by atoms with E-state index in [-0.39, 0.29) is 12.0 Å². The van der Waals surface area contributed by atoms with Gasteiger partial charge in [-0.1, -0.05) is 11.2 Å². The molecular formula is C16H22N3O3S+. The number of carbonyl (C=O) groups excluding carboxylic acids is 1. The quantitative estimate of drug-likeness (QED) is 0.798. The van der Waals surface area contributed by atoms with Gasteiger partial charge >= 0.3 is 0 Å². The van der Waals surface area contributed by atoms with Gasteiger partial charge in [0.05, 0.1) is 4.88 Å². The topological polar surface area (TPSA) is 68.8 Å². The lowest BCUT2D eigenvalue weighted by Gasteiger charge is -2.21. The van der Waals surface area contributed by atoms with Gasteiger partial charge in [0.2, 0.25) is 0 Å². The van der Waals surface area contributed by atoms with Gasteiger partial charge in [0.1, 0.15) is 25.0 Å². The first-order valence-electron chi connectivity index (χ1n) is 7.90. The number of aryl methyl sites for hydroxylation is 1. The van der Waals surface area contributed by atoms with Crippen LogP contribution in [-0.4, -0.2) is 36.9 Å². The molecule has 1 amide bonds. The van der Waals surface area contributed by atoms with Gasteiger partial charge in [0.15, 0.2) is 12.4 Å². The van der Waals surface area contributed by atoms with Crippen molar-refractivity contribution in [2.45, 2.75) is 32.4 Å². The molecule has 6 nitrogen and oxygen atoms in total. The van der Waals surface area contributed by atoms with Crippen molar-refractivity contribution < 1.29 is 19.0 Å². The van der Waals surface area contributed by atoms with Crippen molar-refractivity contribution in [3.63, 3.8) is 0 Å². The molecule has 2 aromatic heterocycles. The Labute approximate surface area is 139 Å². The van der Waals surface area contributed by atoms with E-state index in [2.05, 4.69) is 21.9 Å². The molecule has 0 aliphatic carbocycles. The van der Waals surface area contributed by atoms with Gasteiger partial charge in [-0.25, -0.2) is 0 Å². The van der Waals surface area contributed by atoms with Crippen molar-refractivity contribution in [2.75, 3.05) is 25.0 Å². The lowest BCUT2D eigenvalue weighted by atomic mass is 10.2. The van der Waals surface area contributed by atoms with Crippen LogP contribution in [0.3, 0.4) is 0 Å². The summed E-state index contributed by atoms with van der Waals surface area (Å²) in [5, 5.41) is 8.67. The third kappa shape index (κ3) is 4.89. The smallest absolute Gasteiger partial charge is 0.280 e. The fraction of sp³-hybridized carbons (Fsp3) is 0.500. The molecule has 2 N–H and O–H groups in total. The van der Waals surface area contributed by atoms with E-state index in [1.807, 2.05) is 6.07 Å². The molecule has 1 aliphatic rings. The second-order valence-electron chi connectivity index (χ2n) is 5.89. The van der Waals surface area contributed by atoms with E-state index >= 15 is 0 Å². The van der Waals surface area contributed by atoms with E-state index in [9.17, 15) is 4.79 Å². The molecule has 0 saturated carbocycles. The molecule has 3 heterocycles. The zero-order chi connectivity index (χ0) is 16.1. The van der Waals surface area contributed by atoms with Gasteiger partial charge in [-0.15, -0.1) is 11.3 Å². The molecule has 1 fully saturated rings. The molecular weight excluding hydrogens is 314 g/mol. The zero-order valence-electron chi connectivity index (χ0n) is 13.2. The van der Waals surface area contributed by atoms with Crippen molar-refractivity contribution in [1.29, 1.82) is 0 Å². The lowest BCUT2D eigenvalue weighted by Crippen LogP contribution is -3.12. The van der Waals surface area contributed by atoms with Crippen molar-refractivity contribution in [3.8, 4) is 0 Å². The number of carbonyl (C=O) groups is 1. The number of anilines is 1. The number of ether oxygens (including phenoxy) is 1. The summed E-state index contributed by atoms with van der Waals surface area (Å²) in [7, 11) is 0. The number of amides is 1. The Morgan fingerprint density at radius 2 is 2.48 bits per heavy atom. The number of hydrogen-bond acceptors (Lipinski definition) is 5. The Morgan fingerprint density at radius 1 is 1.57 bits per heavy atom. The third-order valence-corrected chi connectivity index (χ3v) is 4.73. The minimum Gasteiger partial charge on any atom is -0.372 e. The molecule has 1 unspecified atom stereocenters. The van der Waals surface area contributed by atoms with Crippen LogP contribution in [0.1, 0.15) is 23.5 Å². The van der Waals surface area contributed by atoms with Crippen molar-refractivity contribution in [1.82, 2.24) is 5.16 Å². The largest absolute Gasteiger partial charge is 0.372 e. The van der Waals surface area contributed by atoms with Gasteiger partial charge in [0.25, 0.3) is 5.91 Å². The van der Waals surface area contributed by atoms with Gasteiger partial charge in [-0.2, -0.15) is 0 Å². The van der Waals surface area contributed by atoms with Gasteiger partial charge < -0.3 is 19.5 Å². The summed E-state index contributed by atoms with van der Waals surface area (Å²) < 4.78 is 10.7. The summed E-state index contributed by atoms with van der Waals surface area (Å²) in [5.74, 6) is 1.10. The van der Waals surface area contributed by atoms with Crippen LogP contribution in [0.2, 0.25) is 0 Å². The zero-order valence-corrected chi connectivity index (χ0v) is 14.0. The number of nitrogens with zero attached hydrogens (tertiary/aromatic N) is 1. The Morgan fingerprint density at radius 3 is 3.13 bits per heavy atom. The summed E-state index contributed by atoms with van der Waals surface area (Å²) in [6, 6.07) is 5.87. The molecule has 7 heteroatoms. The summed E-state index contributed by atoms with van der Waals surface area (Å²) in [4.78, 5) is 14.8. The Kier molecular flexibility index (Phi) is 5.43. The molecule has 1 aliphatic heterocycles. The van der Waals surface area contributed by atoms with E-state index in [1.165, 1.54) is 9.78 Å². The summed E-state index contributed by atoms with van der Waals surface area (Å²) in [6.07, 6.45) is 2.45.